The van der Waals surface area contributed by atoms with Crippen LogP contribution < -0.4 is 10.6 Å². The first kappa shape index (κ1) is 12.3. The van der Waals surface area contributed by atoms with Gasteiger partial charge in [0, 0.05) is 24.5 Å². The first-order chi connectivity index (χ1) is 10.3. The van der Waals surface area contributed by atoms with Crippen LogP contribution in [0.5, 0.6) is 0 Å². The highest BCUT2D eigenvalue weighted by atomic mass is 15.2. The third-order valence-corrected chi connectivity index (χ3v) is 4.11. The standard InChI is InChI=1S/C17H18N4/c18-13-5-3-6-14(11-13)20-9-4-10-21-16-8-2-1-7-15(16)19-17(21)12-20/h1-3,5-8,11H,4,9-10,12,18H2. The molecule has 4 nitrogen and oxygen atoms in total. The summed E-state index contributed by atoms with van der Waals surface area (Å²) in [5.74, 6) is 1.14. The Morgan fingerprint density at radius 2 is 1.90 bits per heavy atom. The summed E-state index contributed by atoms with van der Waals surface area (Å²) in [7, 11) is 0. The summed E-state index contributed by atoms with van der Waals surface area (Å²) in [5.41, 5.74) is 10.2. The van der Waals surface area contributed by atoms with Crippen molar-refractivity contribution in [2.45, 2.75) is 19.5 Å². The summed E-state index contributed by atoms with van der Waals surface area (Å²) in [6.45, 7) is 2.88. The Hall–Kier alpha value is -2.49. The first-order valence-electron chi connectivity index (χ1n) is 7.36. The fourth-order valence-corrected chi connectivity index (χ4v) is 3.11. The molecule has 4 rings (SSSR count). The molecular formula is C17H18N4. The van der Waals surface area contributed by atoms with Gasteiger partial charge in [0.15, 0.2) is 0 Å². The van der Waals surface area contributed by atoms with E-state index >= 15 is 0 Å². The maximum atomic E-state index is 5.91. The molecule has 2 heterocycles. The van der Waals surface area contributed by atoms with Crippen LogP contribution in [0.15, 0.2) is 48.5 Å². The van der Waals surface area contributed by atoms with Gasteiger partial charge < -0.3 is 15.2 Å². The molecule has 3 aromatic rings. The molecule has 0 radical (unpaired) electrons. The summed E-state index contributed by atoms with van der Waals surface area (Å²) in [6.07, 6.45) is 1.11. The van der Waals surface area contributed by atoms with Crippen molar-refractivity contribution in [3.63, 3.8) is 0 Å². The second kappa shape index (κ2) is 4.81. The normalized spacial score (nSPS) is 15.0. The minimum absolute atomic E-state index is 0.810. The number of benzene rings is 2. The van der Waals surface area contributed by atoms with Crippen molar-refractivity contribution in [2.75, 3.05) is 17.2 Å². The van der Waals surface area contributed by atoms with E-state index in [9.17, 15) is 0 Å². The molecule has 106 valence electrons. The van der Waals surface area contributed by atoms with Crippen molar-refractivity contribution in [3.05, 3.63) is 54.4 Å². The number of aromatic nitrogens is 2. The molecule has 0 bridgehead atoms. The minimum Gasteiger partial charge on any atom is -0.399 e. The predicted molar refractivity (Wildman–Crippen MR) is 86.3 cm³/mol. The lowest BCUT2D eigenvalue weighted by atomic mass is 10.2. The number of nitrogens with two attached hydrogens (primary N) is 1. The number of hydrogen-bond acceptors (Lipinski definition) is 3. The van der Waals surface area contributed by atoms with Crippen molar-refractivity contribution in [1.82, 2.24) is 9.55 Å². The lowest BCUT2D eigenvalue weighted by Gasteiger charge is -2.22. The van der Waals surface area contributed by atoms with Gasteiger partial charge in [-0.2, -0.15) is 0 Å². The van der Waals surface area contributed by atoms with Crippen LogP contribution in [-0.2, 0) is 13.1 Å². The van der Waals surface area contributed by atoms with E-state index in [0.717, 1.165) is 43.1 Å². The molecular weight excluding hydrogens is 260 g/mol. The van der Waals surface area contributed by atoms with Crippen LogP contribution in [0.3, 0.4) is 0 Å². The maximum Gasteiger partial charge on any atom is 0.129 e. The zero-order valence-electron chi connectivity index (χ0n) is 11.9. The third kappa shape index (κ3) is 2.13. The highest BCUT2D eigenvalue weighted by Gasteiger charge is 2.18. The second-order valence-corrected chi connectivity index (χ2v) is 5.54. The van der Waals surface area contributed by atoms with E-state index in [1.807, 2.05) is 24.3 Å². The molecule has 1 aliphatic heterocycles. The molecule has 1 aromatic heterocycles. The van der Waals surface area contributed by atoms with Crippen LogP contribution in [0.1, 0.15) is 12.2 Å². The van der Waals surface area contributed by atoms with Gasteiger partial charge >= 0.3 is 0 Å². The molecule has 0 fully saturated rings. The minimum atomic E-state index is 0.810. The molecule has 0 aliphatic carbocycles. The van der Waals surface area contributed by atoms with Crippen molar-refractivity contribution in [3.8, 4) is 0 Å². The van der Waals surface area contributed by atoms with E-state index < -0.39 is 0 Å². The van der Waals surface area contributed by atoms with Gasteiger partial charge in [-0.15, -0.1) is 0 Å². The van der Waals surface area contributed by atoms with E-state index in [1.54, 1.807) is 0 Å². The Kier molecular flexibility index (Phi) is 2.81. The van der Waals surface area contributed by atoms with Crippen LogP contribution in [0.4, 0.5) is 11.4 Å². The molecule has 2 aromatic carbocycles. The average Bonchev–Trinajstić information content (AvgIpc) is 2.71. The lowest BCUT2D eigenvalue weighted by Crippen LogP contribution is -2.22. The predicted octanol–water partition coefficient (Wildman–Crippen LogP) is 3.03. The molecule has 0 atom stereocenters. The summed E-state index contributed by atoms with van der Waals surface area (Å²) in [6, 6.07) is 16.5. The summed E-state index contributed by atoms with van der Waals surface area (Å²) in [5, 5.41) is 0. The summed E-state index contributed by atoms with van der Waals surface area (Å²) in [4.78, 5) is 7.16. The van der Waals surface area contributed by atoms with E-state index in [4.69, 9.17) is 10.7 Å². The Labute approximate surface area is 123 Å². The number of rotatable bonds is 1. The Morgan fingerprint density at radius 3 is 2.81 bits per heavy atom. The molecule has 1 aliphatic rings. The zero-order chi connectivity index (χ0) is 14.2. The van der Waals surface area contributed by atoms with Gasteiger partial charge in [0.05, 0.1) is 17.6 Å². The monoisotopic (exact) mass is 278 g/mol. The smallest absolute Gasteiger partial charge is 0.129 e. The van der Waals surface area contributed by atoms with Crippen molar-refractivity contribution in [2.24, 2.45) is 0 Å². The van der Waals surface area contributed by atoms with Crippen LogP contribution in [0.2, 0.25) is 0 Å². The van der Waals surface area contributed by atoms with Crippen molar-refractivity contribution >= 4 is 22.4 Å². The van der Waals surface area contributed by atoms with Gasteiger partial charge in [0.25, 0.3) is 0 Å². The van der Waals surface area contributed by atoms with E-state index in [0.29, 0.717) is 0 Å². The van der Waals surface area contributed by atoms with Crippen LogP contribution in [-0.4, -0.2) is 16.1 Å². The fraction of sp³-hybridized carbons (Fsp3) is 0.235. The average molecular weight is 278 g/mol. The molecule has 0 saturated heterocycles. The molecule has 0 saturated carbocycles. The van der Waals surface area contributed by atoms with Crippen LogP contribution in [0.25, 0.3) is 11.0 Å². The number of fused-ring (bicyclic) bond motifs is 3. The highest BCUT2D eigenvalue weighted by Crippen LogP contribution is 2.25. The number of aryl methyl sites for hydroxylation is 1. The number of para-hydroxylation sites is 2. The van der Waals surface area contributed by atoms with Gasteiger partial charge in [-0.25, -0.2) is 4.98 Å². The van der Waals surface area contributed by atoms with Crippen molar-refractivity contribution < 1.29 is 0 Å². The molecule has 2 N–H and O–H groups in total. The fourth-order valence-electron chi connectivity index (χ4n) is 3.11. The topological polar surface area (TPSA) is 47.1 Å². The number of nitrogen functional groups attached to an aromatic ring is 1. The quantitative estimate of drug-likeness (QED) is 0.696. The van der Waals surface area contributed by atoms with Gasteiger partial charge in [-0.1, -0.05) is 18.2 Å². The van der Waals surface area contributed by atoms with Gasteiger partial charge in [0.1, 0.15) is 5.82 Å². The number of hydrogen-bond donors (Lipinski definition) is 1. The maximum absolute atomic E-state index is 5.91. The largest absolute Gasteiger partial charge is 0.399 e. The summed E-state index contributed by atoms with van der Waals surface area (Å²) < 4.78 is 2.35. The molecule has 0 amide bonds. The van der Waals surface area contributed by atoms with E-state index in [-0.39, 0.29) is 0 Å². The summed E-state index contributed by atoms with van der Waals surface area (Å²) >= 11 is 0. The third-order valence-electron chi connectivity index (χ3n) is 4.11. The number of anilines is 2. The Morgan fingerprint density at radius 1 is 1.00 bits per heavy atom. The van der Waals surface area contributed by atoms with Gasteiger partial charge in [-0.3, -0.25) is 0 Å². The van der Waals surface area contributed by atoms with Crippen molar-refractivity contribution in [1.29, 1.82) is 0 Å². The first-order valence-corrected chi connectivity index (χ1v) is 7.36. The molecule has 4 heteroatoms. The molecule has 0 spiro atoms. The highest BCUT2D eigenvalue weighted by molar-refractivity contribution is 5.76. The number of imidazole rings is 1. The lowest BCUT2D eigenvalue weighted by molar-refractivity contribution is 0.678. The SMILES string of the molecule is Nc1cccc(N2CCCn3c(nc4ccccc43)C2)c1. The van der Waals surface area contributed by atoms with E-state index in [1.165, 1.54) is 11.2 Å². The zero-order valence-corrected chi connectivity index (χ0v) is 11.9. The van der Waals surface area contributed by atoms with Crippen LogP contribution >= 0.6 is 0 Å². The second-order valence-electron chi connectivity index (χ2n) is 5.54. The molecule has 0 unspecified atom stereocenters. The van der Waals surface area contributed by atoms with E-state index in [2.05, 4.69) is 33.7 Å². The Bertz CT molecular complexity index is 790. The van der Waals surface area contributed by atoms with Gasteiger partial charge in [-0.05, 0) is 36.8 Å². The Balaban J connectivity index is 1.75. The number of nitrogens with zero attached hydrogens (tertiary/aromatic N) is 3. The molecule has 21 heavy (non-hydrogen) atoms. The van der Waals surface area contributed by atoms with Gasteiger partial charge in [0.2, 0.25) is 0 Å². The van der Waals surface area contributed by atoms with Crippen LogP contribution in [0, 0.1) is 0 Å².